The Morgan fingerprint density at radius 1 is 0.839 bits per heavy atom. The molecule has 0 atom stereocenters. The molecule has 5 nitrogen and oxygen atoms in total. The molecule has 0 unspecified atom stereocenters. The summed E-state index contributed by atoms with van der Waals surface area (Å²) in [5.41, 5.74) is 4.33. The van der Waals surface area contributed by atoms with Gasteiger partial charge in [-0.2, -0.15) is 0 Å². The predicted octanol–water partition coefficient (Wildman–Crippen LogP) is 4.44. The van der Waals surface area contributed by atoms with Crippen LogP contribution >= 0.6 is 15.9 Å². The van der Waals surface area contributed by atoms with Crippen LogP contribution < -0.4 is 4.90 Å². The largest absolute Gasteiger partial charge is 0.462 e. The maximum atomic E-state index is 13.2. The van der Waals surface area contributed by atoms with Gasteiger partial charge in [0.2, 0.25) is 0 Å². The number of hydrogen-bond donors (Lipinski definition) is 1. The van der Waals surface area contributed by atoms with E-state index >= 15 is 0 Å². The quantitative estimate of drug-likeness (QED) is 0.615. The topological polar surface area (TPSA) is 57.0 Å². The van der Waals surface area contributed by atoms with Crippen LogP contribution in [-0.4, -0.2) is 25.2 Å². The summed E-state index contributed by atoms with van der Waals surface area (Å²) in [6, 6.07) is 17.4. The molecule has 2 aromatic rings. The molecular weight excluding hydrogens is 458 g/mol. The van der Waals surface area contributed by atoms with Crippen molar-refractivity contribution in [2.24, 2.45) is 0 Å². The molecule has 1 aliphatic rings. The molecule has 0 aliphatic carbocycles. The lowest BCUT2D eigenvalue weighted by molar-refractivity contribution is -0.748. The smallest absolute Gasteiger partial charge is 0.340 e. The molecule has 31 heavy (non-hydrogen) atoms. The second kappa shape index (κ2) is 10.1. The Bertz CT molecular complexity index is 983. The zero-order chi connectivity index (χ0) is 22.5. The summed E-state index contributed by atoms with van der Waals surface area (Å²) < 4.78 is 11.8. The number of esters is 2. The van der Waals surface area contributed by atoms with Crippen molar-refractivity contribution in [3.8, 4) is 0 Å². The molecule has 0 spiro atoms. The molecule has 1 N–H and O–H groups in total. The van der Waals surface area contributed by atoms with Crippen molar-refractivity contribution in [2.45, 2.75) is 33.6 Å². The summed E-state index contributed by atoms with van der Waals surface area (Å²) in [7, 11) is 0. The molecule has 0 bridgehead atoms. The molecule has 1 aliphatic heterocycles. The lowest BCUT2D eigenvalue weighted by atomic mass is 9.79. The first-order valence-corrected chi connectivity index (χ1v) is 11.1. The van der Waals surface area contributed by atoms with Gasteiger partial charge in [-0.25, -0.2) is 14.5 Å². The van der Waals surface area contributed by atoms with Crippen molar-refractivity contribution in [1.29, 1.82) is 0 Å². The molecule has 0 aromatic heterocycles. The van der Waals surface area contributed by atoms with E-state index in [4.69, 9.17) is 9.47 Å². The highest BCUT2D eigenvalue weighted by Crippen LogP contribution is 2.38. The molecule has 0 radical (unpaired) electrons. The molecule has 0 saturated carbocycles. The number of nitrogens with one attached hydrogen (secondary N) is 1. The number of benzene rings is 2. The van der Waals surface area contributed by atoms with E-state index in [0.29, 0.717) is 11.1 Å². The summed E-state index contributed by atoms with van der Waals surface area (Å²) in [6.07, 6.45) is 0. The van der Waals surface area contributed by atoms with E-state index in [1.54, 1.807) is 13.8 Å². The summed E-state index contributed by atoms with van der Waals surface area (Å²) in [5.74, 6) is -1.41. The Morgan fingerprint density at radius 3 is 1.77 bits per heavy atom. The fraction of sp³-hybridized carbons (Fsp3) is 0.280. The van der Waals surface area contributed by atoms with Crippen molar-refractivity contribution in [1.82, 2.24) is 0 Å². The van der Waals surface area contributed by atoms with Crippen LogP contribution in [0, 0.1) is 0 Å². The van der Waals surface area contributed by atoms with E-state index in [1.165, 1.54) is 0 Å². The average Bonchev–Trinajstić information content (AvgIpc) is 2.75. The number of rotatable bonds is 6. The van der Waals surface area contributed by atoms with E-state index in [0.717, 1.165) is 32.0 Å². The Morgan fingerprint density at radius 2 is 1.32 bits per heavy atom. The van der Waals surface area contributed by atoms with Gasteiger partial charge in [-0.1, -0.05) is 46.3 Å². The highest BCUT2D eigenvalue weighted by atomic mass is 79.9. The second-order valence-corrected chi connectivity index (χ2v) is 8.16. The molecule has 3 rings (SSSR count). The van der Waals surface area contributed by atoms with Gasteiger partial charge in [0, 0.05) is 18.3 Å². The van der Waals surface area contributed by atoms with Crippen molar-refractivity contribution in [3.63, 3.8) is 0 Å². The van der Waals surface area contributed by atoms with Gasteiger partial charge in [0.1, 0.15) is 28.2 Å². The number of allylic oxidation sites excluding steroid dienone is 2. The van der Waals surface area contributed by atoms with Gasteiger partial charge in [0.25, 0.3) is 0 Å². The SMILES string of the molecule is CCOC(=O)C1=C(C)[NH+](c2ccccc2)C(C)=C(C(=O)OCC)C1c1ccc(Br)cc1. The molecule has 162 valence electrons. The van der Waals surface area contributed by atoms with Gasteiger partial charge in [0.05, 0.1) is 19.1 Å². The monoisotopic (exact) mass is 484 g/mol. The molecule has 0 saturated heterocycles. The fourth-order valence-corrected chi connectivity index (χ4v) is 4.38. The number of halogens is 1. The average molecular weight is 485 g/mol. The van der Waals surface area contributed by atoms with Gasteiger partial charge in [-0.15, -0.1) is 0 Å². The van der Waals surface area contributed by atoms with Crippen molar-refractivity contribution >= 4 is 33.6 Å². The zero-order valence-corrected chi connectivity index (χ0v) is 19.8. The van der Waals surface area contributed by atoms with Gasteiger partial charge in [-0.05, 0) is 43.7 Å². The summed E-state index contributed by atoms with van der Waals surface area (Å²) in [6.45, 7) is 7.90. The first-order valence-electron chi connectivity index (χ1n) is 10.3. The lowest BCUT2D eigenvalue weighted by Gasteiger charge is -2.33. The van der Waals surface area contributed by atoms with Crippen molar-refractivity contribution < 1.29 is 24.0 Å². The highest BCUT2D eigenvalue weighted by Gasteiger charge is 2.44. The van der Waals surface area contributed by atoms with E-state index in [-0.39, 0.29) is 13.2 Å². The Hall–Kier alpha value is -2.70. The second-order valence-electron chi connectivity index (χ2n) is 7.24. The third kappa shape index (κ3) is 4.65. The third-order valence-electron chi connectivity index (χ3n) is 5.39. The van der Waals surface area contributed by atoms with Crippen LogP contribution in [0.3, 0.4) is 0 Å². The Balaban J connectivity index is 2.30. The zero-order valence-electron chi connectivity index (χ0n) is 18.2. The van der Waals surface area contributed by atoms with Gasteiger partial charge in [0.15, 0.2) is 0 Å². The maximum absolute atomic E-state index is 13.2. The number of quaternary nitrogens is 1. The van der Waals surface area contributed by atoms with Crippen molar-refractivity contribution in [3.05, 3.63) is 87.2 Å². The minimum Gasteiger partial charge on any atom is -0.462 e. The third-order valence-corrected chi connectivity index (χ3v) is 5.92. The Labute approximate surface area is 191 Å². The molecule has 0 fully saturated rings. The van der Waals surface area contributed by atoms with Crippen molar-refractivity contribution in [2.75, 3.05) is 13.2 Å². The van der Waals surface area contributed by atoms with Crippen LogP contribution in [0.1, 0.15) is 39.2 Å². The van der Waals surface area contributed by atoms with Crippen LogP contribution in [-0.2, 0) is 19.1 Å². The number of hydrogen-bond acceptors (Lipinski definition) is 4. The number of para-hydroxylation sites is 1. The van der Waals surface area contributed by atoms with Gasteiger partial charge < -0.3 is 9.47 Å². The van der Waals surface area contributed by atoms with Crippen LogP contribution in [0.5, 0.6) is 0 Å². The first-order chi connectivity index (χ1) is 14.9. The predicted molar refractivity (Wildman–Crippen MR) is 123 cm³/mol. The molecule has 1 heterocycles. The first kappa shape index (κ1) is 23.0. The number of carbonyl (C=O) groups is 2. The summed E-state index contributed by atoms with van der Waals surface area (Å²) in [4.78, 5) is 27.2. The summed E-state index contributed by atoms with van der Waals surface area (Å²) in [5, 5.41) is 0. The van der Waals surface area contributed by atoms with Crippen LogP contribution in [0.2, 0.25) is 0 Å². The molecule has 6 heteroatoms. The highest BCUT2D eigenvalue weighted by molar-refractivity contribution is 9.10. The van der Waals surface area contributed by atoms with E-state index < -0.39 is 17.9 Å². The minimum atomic E-state index is -0.571. The minimum absolute atomic E-state index is 0.251. The normalized spacial score (nSPS) is 18.7. The number of ether oxygens (including phenoxy) is 2. The van der Waals surface area contributed by atoms with Crippen LogP contribution in [0.4, 0.5) is 5.69 Å². The maximum Gasteiger partial charge on any atom is 0.340 e. The van der Waals surface area contributed by atoms with E-state index in [2.05, 4.69) is 15.9 Å². The van der Waals surface area contributed by atoms with E-state index in [9.17, 15) is 9.59 Å². The lowest BCUT2D eigenvalue weighted by Crippen LogP contribution is -3.04. The van der Waals surface area contributed by atoms with Crippen LogP contribution in [0.15, 0.2) is 81.6 Å². The molecule has 0 amide bonds. The molecule has 2 aromatic carbocycles. The van der Waals surface area contributed by atoms with Gasteiger partial charge in [-0.3, -0.25) is 0 Å². The fourth-order valence-electron chi connectivity index (χ4n) is 4.11. The summed E-state index contributed by atoms with van der Waals surface area (Å²) >= 11 is 3.46. The van der Waals surface area contributed by atoms with E-state index in [1.807, 2.05) is 68.4 Å². The molecular formula is C25H27BrNO4+. The Kier molecular flexibility index (Phi) is 7.46. The number of carbonyl (C=O) groups excluding carboxylic acids is 2. The van der Waals surface area contributed by atoms with Crippen LogP contribution in [0.25, 0.3) is 0 Å². The van der Waals surface area contributed by atoms with Gasteiger partial charge >= 0.3 is 11.9 Å². The standard InChI is InChI=1S/C25H26BrNO4/c1-5-30-24(28)21-16(3)27(20-10-8-7-9-11-20)17(4)22(25(29)31-6-2)23(21)18-12-14-19(26)15-13-18/h7-15,23H,5-6H2,1-4H3/p+1.